The van der Waals surface area contributed by atoms with Crippen molar-refractivity contribution in [2.75, 3.05) is 37.9 Å². The summed E-state index contributed by atoms with van der Waals surface area (Å²) in [6.07, 6.45) is 8.22. The lowest BCUT2D eigenvalue weighted by atomic mass is 9.85. The highest BCUT2D eigenvalue weighted by Gasteiger charge is 2.45. The maximum absolute atomic E-state index is 13.6. The van der Waals surface area contributed by atoms with E-state index in [9.17, 15) is 4.79 Å². The van der Waals surface area contributed by atoms with Gasteiger partial charge in [0.2, 0.25) is 0 Å². The molecule has 2 aliphatic heterocycles. The van der Waals surface area contributed by atoms with Crippen LogP contribution in [0.2, 0.25) is 0 Å². The number of carbonyl (C=O) groups excluding carboxylic acids is 1. The first-order chi connectivity index (χ1) is 16.1. The number of hydrogen-bond acceptors (Lipinski definition) is 6. The standard InChI is InChI=1S/C25H31N5O3/c1-32-19-13-17(14-20(15-19)33-2)23(31)30-12-6-10-25(16-30)24(27-18-7-3-4-8-18)28-22-21(29-25)9-5-11-26-22/h5,9,11,13-15,18,29H,3-4,6-8,10,12,16H2,1-2H3,(H,26,27,28)/t25-/m0/s1. The monoisotopic (exact) mass is 449 g/mol. The average molecular weight is 450 g/mol. The number of amides is 1. The number of amidine groups is 1. The number of nitrogens with one attached hydrogen (secondary N) is 2. The van der Waals surface area contributed by atoms with E-state index in [1.165, 1.54) is 12.8 Å². The Labute approximate surface area is 194 Å². The zero-order chi connectivity index (χ0) is 22.8. The van der Waals surface area contributed by atoms with Gasteiger partial charge in [0.1, 0.15) is 22.9 Å². The van der Waals surface area contributed by atoms with Crippen LogP contribution in [0.1, 0.15) is 48.9 Å². The number of rotatable bonds is 4. The number of likely N-dealkylation sites (tertiary alicyclic amines) is 1. The van der Waals surface area contributed by atoms with Crippen molar-refractivity contribution in [3.8, 4) is 11.5 Å². The third kappa shape index (κ3) is 4.21. The number of aliphatic imine (C=N–C) groups is 1. The van der Waals surface area contributed by atoms with E-state index in [1.807, 2.05) is 17.0 Å². The minimum atomic E-state index is -0.463. The molecule has 2 fully saturated rings. The number of nitrogens with zero attached hydrogens (tertiary/aromatic N) is 3. The molecule has 8 nitrogen and oxygen atoms in total. The molecule has 1 saturated heterocycles. The smallest absolute Gasteiger partial charge is 0.254 e. The Balaban J connectivity index is 1.47. The minimum absolute atomic E-state index is 0.0368. The molecule has 1 spiro atoms. The van der Waals surface area contributed by atoms with Gasteiger partial charge in [-0.15, -0.1) is 0 Å². The number of fused-ring (bicyclic) bond motifs is 1. The molecule has 0 radical (unpaired) electrons. The van der Waals surface area contributed by atoms with E-state index in [4.69, 9.17) is 14.5 Å². The van der Waals surface area contributed by atoms with Gasteiger partial charge in [-0.1, -0.05) is 12.8 Å². The molecule has 5 rings (SSSR count). The van der Waals surface area contributed by atoms with Gasteiger partial charge in [-0.2, -0.15) is 0 Å². The Morgan fingerprint density at radius 1 is 1.15 bits per heavy atom. The summed E-state index contributed by atoms with van der Waals surface area (Å²) >= 11 is 0. The first-order valence-electron chi connectivity index (χ1n) is 11.7. The van der Waals surface area contributed by atoms with Gasteiger partial charge in [-0.05, 0) is 49.9 Å². The predicted octanol–water partition coefficient (Wildman–Crippen LogP) is 3.95. The lowest BCUT2D eigenvalue weighted by Crippen LogP contribution is -2.62. The van der Waals surface area contributed by atoms with E-state index in [0.29, 0.717) is 36.2 Å². The van der Waals surface area contributed by atoms with Crippen LogP contribution < -0.4 is 20.1 Å². The molecule has 2 N–H and O–H groups in total. The second-order valence-corrected chi connectivity index (χ2v) is 9.08. The number of pyridine rings is 1. The van der Waals surface area contributed by atoms with Crippen molar-refractivity contribution < 1.29 is 14.3 Å². The summed E-state index contributed by atoms with van der Waals surface area (Å²) in [6.45, 7) is 1.22. The van der Waals surface area contributed by atoms with E-state index in [1.54, 1.807) is 38.6 Å². The van der Waals surface area contributed by atoms with Crippen LogP contribution in [-0.4, -0.2) is 60.5 Å². The van der Waals surface area contributed by atoms with Crippen molar-refractivity contribution in [3.63, 3.8) is 0 Å². The molecular weight excluding hydrogens is 418 g/mol. The second kappa shape index (κ2) is 8.92. The Morgan fingerprint density at radius 3 is 2.64 bits per heavy atom. The number of benzene rings is 1. The molecule has 33 heavy (non-hydrogen) atoms. The largest absolute Gasteiger partial charge is 0.497 e. The van der Waals surface area contributed by atoms with Gasteiger partial charge >= 0.3 is 0 Å². The second-order valence-electron chi connectivity index (χ2n) is 9.08. The normalized spacial score (nSPS) is 23.7. The van der Waals surface area contributed by atoms with E-state index >= 15 is 0 Å². The molecule has 1 aromatic carbocycles. The molecule has 1 aliphatic carbocycles. The van der Waals surface area contributed by atoms with Gasteiger partial charge in [0, 0.05) is 24.4 Å². The number of ether oxygens (including phenoxy) is 2. The summed E-state index contributed by atoms with van der Waals surface area (Å²) in [5.74, 6) is 2.86. The topological polar surface area (TPSA) is 88.1 Å². The van der Waals surface area contributed by atoms with Gasteiger partial charge < -0.3 is 25.0 Å². The molecule has 0 bridgehead atoms. The number of anilines is 2. The van der Waals surface area contributed by atoms with Crippen molar-refractivity contribution in [3.05, 3.63) is 42.1 Å². The Hall–Kier alpha value is -3.29. The van der Waals surface area contributed by atoms with Crippen LogP contribution in [0, 0.1) is 0 Å². The van der Waals surface area contributed by atoms with Gasteiger partial charge in [-0.25, -0.2) is 4.98 Å². The van der Waals surface area contributed by atoms with Gasteiger partial charge in [0.25, 0.3) is 5.91 Å². The molecule has 3 heterocycles. The van der Waals surface area contributed by atoms with E-state index < -0.39 is 5.54 Å². The molecule has 174 valence electrons. The van der Waals surface area contributed by atoms with E-state index in [0.717, 1.165) is 43.0 Å². The van der Waals surface area contributed by atoms with Crippen LogP contribution in [0.4, 0.5) is 11.5 Å². The van der Waals surface area contributed by atoms with E-state index in [-0.39, 0.29) is 5.91 Å². The third-order valence-electron chi connectivity index (χ3n) is 6.89. The van der Waals surface area contributed by atoms with Crippen LogP contribution in [-0.2, 0) is 0 Å². The Morgan fingerprint density at radius 2 is 1.91 bits per heavy atom. The molecule has 1 atom stereocenters. The number of carbonyl (C=O) groups is 1. The fourth-order valence-electron chi connectivity index (χ4n) is 5.16. The molecule has 2 aromatic rings. The molecule has 1 aromatic heterocycles. The van der Waals surface area contributed by atoms with Crippen molar-refractivity contribution in [1.29, 1.82) is 0 Å². The van der Waals surface area contributed by atoms with Crippen LogP contribution >= 0.6 is 0 Å². The Bertz CT molecular complexity index is 1040. The predicted molar refractivity (Wildman–Crippen MR) is 129 cm³/mol. The molecule has 3 aliphatic rings. The first-order valence-corrected chi connectivity index (χ1v) is 11.7. The third-order valence-corrected chi connectivity index (χ3v) is 6.89. The zero-order valence-corrected chi connectivity index (χ0v) is 19.3. The summed E-state index contributed by atoms with van der Waals surface area (Å²) in [6, 6.07) is 9.59. The fourth-order valence-corrected chi connectivity index (χ4v) is 5.16. The fraction of sp³-hybridized carbons (Fsp3) is 0.480. The zero-order valence-electron chi connectivity index (χ0n) is 19.3. The van der Waals surface area contributed by atoms with Gasteiger partial charge in [0.15, 0.2) is 5.82 Å². The molecular formula is C25H31N5O3. The summed E-state index contributed by atoms with van der Waals surface area (Å²) in [4.78, 5) is 25.1. The summed E-state index contributed by atoms with van der Waals surface area (Å²) < 4.78 is 10.8. The van der Waals surface area contributed by atoms with Crippen LogP contribution in [0.5, 0.6) is 11.5 Å². The summed E-state index contributed by atoms with van der Waals surface area (Å²) in [7, 11) is 3.18. The van der Waals surface area contributed by atoms with Crippen molar-refractivity contribution in [2.45, 2.75) is 50.1 Å². The molecule has 0 unspecified atom stereocenters. The van der Waals surface area contributed by atoms with Crippen LogP contribution in [0.25, 0.3) is 0 Å². The highest BCUT2D eigenvalue weighted by molar-refractivity contribution is 6.09. The van der Waals surface area contributed by atoms with Crippen molar-refractivity contribution in [1.82, 2.24) is 9.88 Å². The highest BCUT2D eigenvalue weighted by Crippen LogP contribution is 2.37. The maximum Gasteiger partial charge on any atom is 0.254 e. The minimum Gasteiger partial charge on any atom is -0.497 e. The van der Waals surface area contributed by atoms with Crippen molar-refractivity contribution >= 4 is 23.2 Å². The average Bonchev–Trinajstić information content (AvgIpc) is 3.37. The number of aromatic nitrogens is 1. The maximum atomic E-state index is 13.6. The Kier molecular flexibility index (Phi) is 5.83. The molecule has 1 amide bonds. The number of methoxy groups -OCH3 is 2. The molecule has 8 heteroatoms. The van der Waals surface area contributed by atoms with Crippen molar-refractivity contribution in [2.24, 2.45) is 4.99 Å². The lowest BCUT2D eigenvalue weighted by Gasteiger charge is -2.47. The van der Waals surface area contributed by atoms with Crippen LogP contribution in [0.15, 0.2) is 41.5 Å². The van der Waals surface area contributed by atoms with Gasteiger partial charge in [-0.3, -0.25) is 9.79 Å². The molecule has 1 saturated carbocycles. The SMILES string of the molecule is COc1cc(OC)cc(C(=O)N2CCC[C@@]3(C2)Nc2cccnc2NC3=NC2CCCC2)c1. The van der Waals surface area contributed by atoms with Gasteiger partial charge in [0.05, 0.1) is 32.5 Å². The first kappa shape index (κ1) is 21.6. The summed E-state index contributed by atoms with van der Waals surface area (Å²) in [5, 5.41) is 7.24. The highest BCUT2D eigenvalue weighted by atomic mass is 16.5. The number of piperidine rings is 1. The van der Waals surface area contributed by atoms with E-state index in [2.05, 4.69) is 15.6 Å². The summed E-state index contributed by atoms with van der Waals surface area (Å²) in [5.41, 5.74) is 1.04. The number of hydrogen-bond donors (Lipinski definition) is 2. The lowest BCUT2D eigenvalue weighted by molar-refractivity contribution is 0.0693. The van der Waals surface area contributed by atoms with Crippen LogP contribution in [0.3, 0.4) is 0 Å². The quantitative estimate of drug-likeness (QED) is 0.735.